The number of nitro groups is 1. The Bertz CT molecular complexity index is 915. The molecular weight excluding hydrogens is 414 g/mol. The van der Waals surface area contributed by atoms with Crippen LogP contribution < -0.4 is 15.4 Å². The van der Waals surface area contributed by atoms with Crippen molar-refractivity contribution in [2.75, 3.05) is 19.0 Å². The molecule has 0 spiro atoms. The summed E-state index contributed by atoms with van der Waals surface area (Å²) in [6, 6.07) is 5.45. The minimum atomic E-state index is -1.12. The molecule has 2 rings (SSSR count). The summed E-state index contributed by atoms with van der Waals surface area (Å²) in [6.45, 7) is 1.67. The topological polar surface area (TPSA) is 137 Å². The van der Waals surface area contributed by atoms with E-state index in [2.05, 4.69) is 10.6 Å². The van der Waals surface area contributed by atoms with E-state index < -0.39 is 22.9 Å². The number of hydrogen-bond acceptors (Lipinski definition) is 8. The molecule has 1 atom stereocenters. The lowest BCUT2D eigenvalue weighted by Crippen LogP contribution is -2.30. The van der Waals surface area contributed by atoms with Crippen LogP contribution in [0.3, 0.4) is 0 Å². The molecular formula is C19H21N3O7S. The van der Waals surface area contributed by atoms with Gasteiger partial charge in [-0.3, -0.25) is 24.5 Å². The molecule has 0 bridgehead atoms. The molecule has 0 aliphatic carbocycles. The number of nitrogens with zero attached hydrogens (tertiary/aromatic N) is 1. The van der Waals surface area contributed by atoms with Crippen LogP contribution in [0.25, 0.3) is 0 Å². The zero-order valence-corrected chi connectivity index (χ0v) is 17.2. The highest BCUT2D eigenvalue weighted by Crippen LogP contribution is 2.29. The number of benzene rings is 1. The molecule has 0 aliphatic heterocycles. The minimum absolute atomic E-state index is 0.0155. The summed E-state index contributed by atoms with van der Waals surface area (Å²) in [5, 5.41) is 19.6. The third-order valence-corrected chi connectivity index (χ3v) is 4.64. The maximum absolute atomic E-state index is 12.3. The second kappa shape index (κ2) is 10.9. The minimum Gasteiger partial charge on any atom is -0.495 e. The first kappa shape index (κ1) is 22.8. The molecule has 2 aromatic rings. The highest BCUT2D eigenvalue weighted by molar-refractivity contribution is 7.08. The summed E-state index contributed by atoms with van der Waals surface area (Å²) >= 11 is 1.41. The van der Waals surface area contributed by atoms with Gasteiger partial charge in [-0.05, 0) is 30.9 Å². The van der Waals surface area contributed by atoms with Gasteiger partial charge in [0.2, 0.25) is 0 Å². The molecule has 2 amide bonds. The van der Waals surface area contributed by atoms with Crippen LogP contribution in [0.4, 0.5) is 11.4 Å². The number of anilines is 1. The van der Waals surface area contributed by atoms with Crippen LogP contribution >= 0.6 is 11.3 Å². The van der Waals surface area contributed by atoms with E-state index >= 15 is 0 Å². The number of amides is 2. The van der Waals surface area contributed by atoms with E-state index in [1.807, 2.05) is 0 Å². The Balaban J connectivity index is 1.79. The number of nitro benzene ring substituents is 1. The highest BCUT2D eigenvalue weighted by atomic mass is 32.1. The van der Waals surface area contributed by atoms with E-state index in [1.165, 1.54) is 37.5 Å². The number of methoxy groups -OCH3 is 1. The van der Waals surface area contributed by atoms with Gasteiger partial charge in [-0.15, -0.1) is 0 Å². The number of non-ortho nitro benzene ring substituents is 1. The Hall–Kier alpha value is -3.47. The Morgan fingerprint density at radius 1 is 1.27 bits per heavy atom. The van der Waals surface area contributed by atoms with Gasteiger partial charge in [-0.25, -0.2) is 0 Å². The molecule has 1 heterocycles. The van der Waals surface area contributed by atoms with Crippen LogP contribution in [-0.4, -0.2) is 42.5 Å². The van der Waals surface area contributed by atoms with Gasteiger partial charge in [0, 0.05) is 36.0 Å². The molecule has 0 radical (unpaired) electrons. The van der Waals surface area contributed by atoms with Gasteiger partial charge >= 0.3 is 5.97 Å². The number of thiophene rings is 1. The Morgan fingerprint density at radius 2 is 2.03 bits per heavy atom. The maximum atomic E-state index is 12.3. The molecule has 0 aliphatic rings. The number of carbonyl (C=O) groups excluding carboxylic acids is 3. The summed E-state index contributed by atoms with van der Waals surface area (Å²) in [6.07, 6.45) is -0.759. The van der Waals surface area contributed by atoms with Crippen LogP contribution in [0, 0.1) is 10.1 Å². The summed E-state index contributed by atoms with van der Waals surface area (Å²) in [5.41, 5.74) is 0.431. The molecule has 11 heteroatoms. The average molecular weight is 435 g/mol. The number of hydrogen-bond donors (Lipinski definition) is 2. The standard InChI is InChI=1S/C19H21N3O7S/c1-12(18(24)21-15-10-14(22(26)27)5-6-16(15)28-2)29-17(23)4-3-8-20-19(25)13-7-9-30-11-13/h5-7,9-12H,3-4,8H2,1-2H3,(H,20,25)(H,21,24). The number of esters is 1. The number of ether oxygens (including phenoxy) is 2. The van der Waals surface area contributed by atoms with Gasteiger partial charge in [-0.1, -0.05) is 0 Å². The Kier molecular flexibility index (Phi) is 8.29. The van der Waals surface area contributed by atoms with Crippen molar-refractivity contribution in [3.05, 3.63) is 50.7 Å². The predicted molar refractivity (Wildman–Crippen MR) is 110 cm³/mol. The first-order chi connectivity index (χ1) is 14.3. The lowest BCUT2D eigenvalue weighted by Gasteiger charge is -2.15. The van der Waals surface area contributed by atoms with Crippen molar-refractivity contribution in [2.45, 2.75) is 25.9 Å². The van der Waals surface area contributed by atoms with E-state index in [0.29, 0.717) is 12.0 Å². The number of rotatable bonds is 10. The smallest absolute Gasteiger partial charge is 0.306 e. The van der Waals surface area contributed by atoms with Crippen molar-refractivity contribution in [1.29, 1.82) is 0 Å². The third kappa shape index (κ3) is 6.55. The van der Waals surface area contributed by atoms with Crippen molar-refractivity contribution in [1.82, 2.24) is 5.32 Å². The van der Waals surface area contributed by atoms with Gasteiger partial charge in [0.25, 0.3) is 17.5 Å². The lowest BCUT2D eigenvalue weighted by atomic mass is 10.2. The number of nitrogens with one attached hydrogen (secondary N) is 2. The summed E-state index contributed by atoms with van der Waals surface area (Å²) in [4.78, 5) is 46.3. The van der Waals surface area contributed by atoms with Gasteiger partial charge in [-0.2, -0.15) is 11.3 Å². The van der Waals surface area contributed by atoms with Crippen LogP contribution in [0.15, 0.2) is 35.0 Å². The van der Waals surface area contributed by atoms with Gasteiger partial charge in [0.15, 0.2) is 6.10 Å². The summed E-state index contributed by atoms with van der Waals surface area (Å²) in [7, 11) is 1.36. The summed E-state index contributed by atoms with van der Waals surface area (Å²) < 4.78 is 10.2. The molecule has 160 valence electrons. The highest BCUT2D eigenvalue weighted by Gasteiger charge is 2.20. The third-order valence-electron chi connectivity index (χ3n) is 3.96. The molecule has 1 unspecified atom stereocenters. The first-order valence-electron chi connectivity index (χ1n) is 8.95. The second-order valence-electron chi connectivity index (χ2n) is 6.13. The van der Waals surface area contributed by atoms with Gasteiger partial charge < -0.3 is 20.1 Å². The van der Waals surface area contributed by atoms with E-state index in [4.69, 9.17) is 9.47 Å². The zero-order valence-electron chi connectivity index (χ0n) is 16.4. The monoisotopic (exact) mass is 435 g/mol. The van der Waals surface area contributed by atoms with Crippen molar-refractivity contribution in [3.63, 3.8) is 0 Å². The van der Waals surface area contributed by atoms with Crippen LogP contribution in [0.5, 0.6) is 5.75 Å². The van der Waals surface area contributed by atoms with Crippen molar-refractivity contribution in [3.8, 4) is 5.75 Å². The van der Waals surface area contributed by atoms with Crippen LogP contribution in [0.1, 0.15) is 30.1 Å². The maximum Gasteiger partial charge on any atom is 0.306 e. The Labute approximate surface area is 176 Å². The van der Waals surface area contributed by atoms with Gasteiger partial charge in [0.05, 0.1) is 17.7 Å². The van der Waals surface area contributed by atoms with Crippen LogP contribution in [0.2, 0.25) is 0 Å². The summed E-state index contributed by atoms with van der Waals surface area (Å²) in [5.74, 6) is -1.25. The van der Waals surface area contributed by atoms with E-state index in [-0.39, 0.29) is 36.0 Å². The SMILES string of the molecule is COc1ccc([N+](=O)[O-])cc1NC(=O)C(C)OC(=O)CCCNC(=O)c1ccsc1. The second-order valence-corrected chi connectivity index (χ2v) is 6.91. The fourth-order valence-corrected chi connectivity index (χ4v) is 3.02. The lowest BCUT2D eigenvalue weighted by molar-refractivity contribution is -0.384. The molecule has 0 saturated carbocycles. The van der Waals surface area contributed by atoms with Crippen molar-refractivity contribution < 1.29 is 28.8 Å². The van der Waals surface area contributed by atoms with E-state index in [0.717, 1.165) is 6.07 Å². The van der Waals surface area contributed by atoms with Crippen LogP contribution in [-0.2, 0) is 14.3 Å². The molecule has 2 N–H and O–H groups in total. The quantitative estimate of drug-likeness (QED) is 0.253. The van der Waals surface area contributed by atoms with Gasteiger partial charge in [0.1, 0.15) is 5.75 Å². The molecule has 1 aromatic heterocycles. The van der Waals surface area contributed by atoms with Crippen molar-refractivity contribution >= 4 is 40.5 Å². The molecule has 1 aromatic carbocycles. The molecule has 0 saturated heterocycles. The Morgan fingerprint density at radius 3 is 2.67 bits per heavy atom. The molecule has 30 heavy (non-hydrogen) atoms. The zero-order chi connectivity index (χ0) is 22.1. The number of carbonyl (C=O) groups is 3. The van der Waals surface area contributed by atoms with Crippen molar-refractivity contribution in [2.24, 2.45) is 0 Å². The fourth-order valence-electron chi connectivity index (χ4n) is 2.38. The fraction of sp³-hybridized carbons (Fsp3) is 0.316. The van der Waals surface area contributed by atoms with E-state index in [1.54, 1.807) is 16.8 Å². The largest absolute Gasteiger partial charge is 0.495 e. The molecule has 0 fully saturated rings. The first-order valence-corrected chi connectivity index (χ1v) is 9.89. The normalized spacial score (nSPS) is 11.3. The predicted octanol–water partition coefficient (Wildman–Crippen LogP) is 2.75. The van der Waals surface area contributed by atoms with E-state index in [9.17, 15) is 24.5 Å². The average Bonchev–Trinajstić information content (AvgIpc) is 3.25. The molecule has 10 nitrogen and oxygen atoms in total.